The zero-order valence-corrected chi connectivity index (χ0v) is 50.8. The molecule has 0 aromatic heterocycles. The van der Waals surface area contributed by atoms with E-state index >= 15 is 0 Å². The maximum atomic E-state index is 14.8. The van der Waals surface area contributed by atoms with E-state index in [0.717, 1.165) is 50.0 Å². The Hall–Kier alpha value is -8.25. The van der Waals surface area contributed by atoms with E-state index in [1.54, 1.807) is 19.9 Å². The molecule has 3 fully saturated rings. The first kappa shape index (κ1) is 74.0. The zero-order valence-electron chi connectivity index (χ0n) is 50.8. The van der Waals surface area contributed by atoms with Crippen LogP contribution in [0.1, 0.15) is 150 Å². The number of fused-ring (bicyclic) bond motifs is 2. The molecule has 492 valence electrons. The number of carboxylic acids is 3. The molecular formula is C57H90N12O19. The number of carbonyl (C=O) groups excluding carboxylic acids is 12. The van der Waals surface area contributed by atoms with Crippen molar-refractivity contribution in [1.29, 1.82) is 0 Å². The van der Waals surface area contributed by atoms with Gasteiger partial charge < -0.3 is 83.4 Å². The third-order valence-corrected chi connectivity index (χ3v) is 15.1. The van der Waals surface area contributed by atoms with Crippen LogP contribution in [0.3, 0.4) is 0 Å². The minimum atomic E-state index is -1.90. The van der Waals surface area contributed by atoms with E-state index in [1.807, 2.05) is 0 Å². The number of aliphatic hydroxyl groups is 1. The standard InChI is InChI=1S/C57H90N12O19/c1-6-33(4)48-57(88)69-24-18-21-40(69)53(84)58-28-38(65-52(83)37(27-47(79)80)62-41(71)22-15-13-11-9-7-8-10-12-14-19-32(2)3)56(87)68-23-17-16-20-39(68)54(85)61-30-43(73)64-35(25-45(75)76)50(81)59-29-42(72)63-36(26-46(77)78)51(82)60-31-44(74)66-49(34(5)70)55(86)67-48/h15,22,32-40,48-49,70H,6-14,16-21,23-31H2,1-5H3,(H,58,84)(H,59,81)(H,60,82)(H,61,85)(H,62,71)(H,63,72)(H,64,73)(H,65,83)(H,66,74)(H,67,86)(H,75,76)(H,77,78)(H,79,80). The number of rotatable bonds is 23. The number of carboxylic acid groups (broad SMARTS) is 3. The number of piperidine rings is 1. The van der Waals surface area contributed by atoms with Crippen molar-refractivity contribution in [2.24, 2.45) is 11.8 Å². The summed E-state index contributed by atoms with van der Waals surface area (Å²) in [5.74, 6) is -17.2. The number of unbranched alkanes of at least 4 members (excludes halogenated alkanes) is 7. The van der Waals surface area contributed by atoms with Crippen LogP contribution in [0.2, 0.25) is 0 Å². The van der Waals surface area contributed by atoms with Gasteiger partial charge in [-0.15, -0.1) is 0 Å². The molecule has 0 bridgehead atoms. The molecule has 3 aliphatic rings. The molecule has 3 rings (SSSR count). The minimum absolute atomic E-state index is 0.0161. The monoisotopic (exact) mass is 1250 g/mol. The molecule has 0 aromatic rings. The van der Waals surface area contributed by atoms with Crippen LogP contribution in [0.15, 0.2) is 12.2 Å². The van der Waals surface area contributed by atoms with Crippen LogP contribution >= 0.6 is 0 Å². The van der Waals surface area contributed by atoms with Crippen molar-refractivity contribution >= 4 is 88.8 Å². The first-order chi connectivity index (χ1) is 41.6. The Morgan fingerprint density at radius 1 is 0.580 bits per heavy atom. The quantitative estimate of drug-likeness (QED) is 0.0366. The summed E-state index contributed by atoms with van der Waals surface area (Å²) in [6.45, 7) is 5.06. The molecule has 10 unspecified atom stereocenters. The Labute approximate surface area is 510 Å². The summed E-state index contributed by atoms with van der Waals surface area (Å²) in [5.41, 5.74) is 0. The Balaban J connectivity index is 2.02. The van der Waals surface area contributed by atoms with Crippen molar-refractivity contribution in [2.45, 2.75) is 205 Å². The Kier molecular flexibility index (Phi) is 32.1. The lowest BCUT2D eigenvalue weighted by Crippen LogP contribution is -2.63. The number of nitrogens with one attached hydrogen (secondary N) is 10. The second-order valence-corrected chi connectivity index (χ2v) is 22.8. The predicted molar refractivity (Wildman–Crippen MR) is 311 cm³/mol. The van der Waals surface area contributed by atoms with Crippen molar-refractivity contribution in [3.8, 4) is 0 Å². The summed E-state index contributed by atoms with van der Waals surface area (Å²) >= 11 is 0. The number of aliphatic carboxylic acids is 3. The average molecular weight is 1250 g/mol. The van der Waals surface area contributed by atoms with Gasteiger partial charge in [-0.25, -0.2) is 0 Å². The highest BCUT2D eigenvalue weighted by molar-refractivity contribution is 6.00. The lowest BCUT2D eigenvalue weighted by molar-refractivity contribution is -0.146. The van der Waals surface area contributed by atoms with Gasteiger partial charge in [0.05, 0.1) is 45.0 Å². The predicted octanol–water partition coefficient (Wildman–Crippen LogP) is -2.68. The topological polar surface area (TPSA) is 464 Å². The van der Waals surface area contributed by atoms with Gasteiger partial charge in [-0.2, -0.15) is 0 Å². The maximum Gasteiger partial charge on any atom is 0.305 e. The number of hydrogen-bond donors (Lipinski definition) is 14. The van der Waals surface area contributed by atoms with Crippen molar-refractivity contribution in [3.63, 3.8) is 0 Å². The van der Waals surface area contributed by atoms with Gasteiger partial charge >= 0.3 is 17.9 Å². The van der Waals surface area contributed by atoms with Crippen LogP contribution in [-0.4, -0.2) is 213 Å². The number of aliphatic hydroxyl groups excluding tert-OH is 1. The second kappa shape index (κ2) is 38.1. The molecule has 0 aromatic carbocycles. The van der Waals surface area contributed by atoms with E-state index in [9.17, 15) is 92.3 Å². The fourth-order valence-corrected chi connectivity index (χ4v) is 10.1. The van der Waals surface area contributed by atoms with E-state index in [2.05, 4.69) is 67.0 Å². The van der Waals surface area contributed by atoms with Crippen molar-refractivity contribution in [3.05, 3.63) is 12.2 Å². The lowest BCUT2D eigenvalue weighted by Gasteiger charge is -2.37. The van der Waals surface area contributed by atoms with Gasteiger partial charge in [0.15, 0.2) is 0 Å². The van der Waals surface area contributed by atoms with Gasteiger partial charge in [0.2, 0.25) is 70.9 Å². The van der Waals surface area contributed by atoms with Crippen molar-refractivity contribution < 1.29 is 92.3 Å². The molecule has 14 N–H and O–H groups in total. The van der Waals surface area contributed by atoms with Crippen LogP contribution in [-0.2, 0) is 71.9 Å². The van der Waals surface area contributed by atoms with E-state index in [4.69, 9.17) is 0 Å². The highest BCUT2D eigenvalue weighted by Gasteiger charge is 2.43. The van der Waals surface area contributed by atoms with E-state index in [1.165, 1.54) is 24.2 Å². The molecule has 3 saturated heterocycles. The SMILES string of the molecule is CCC(C)C1NC(=O)C(C(C)O)NC(=O)CNC(=O)C(CC(=O)O)NC(=O)CNC(=O)C(CC(=O)O)NC(=O)CNC(=O)C2CCCCN2C(=O)C(NC(=O)C(CC(=O)O)NC(=O)C=CCCCCCCCCCC(C)C)CNC(=O)C2CCCN2C1=O. The van der Waals surface area contributed by atoms with Gasteiger partial charge in [0.25, 0.3) is 0 Å². The van der Waals surface area contributed by atoms with E-state index in [0.29, 0.717) is 25.2 Å². The summed E-state index contributed by atoms with van der Waals surface area (Å²) in [6.07, 6.45) is 8.26. The molecule has 0 radical (unpaired) electrons. The fraction of sp³-hybridized carbons (Fsp3) is 0.702. The van der Waals surface area contributed by atoms with Crippen molar-refractivity contribution in [2.75, 3.05) is 39.3 Å². The third kappa shape index (κ3) is 26.0. The number of amides is 12. The summed E-state index contributed by atoms with van der Waals surface area (Å²) in [6, 6.07) is -13.2. The van der Waals surface area contributed by atoms with Gasteiger partial charge in [0.1, 0.15) is 48.3 Å². The third-order valence-electron chi connectivity index (χ3n) is 15.1. The number of allylic oxidation sites excluding steroid dienone is 1. The highest BCUT2D eigenvalue weighted by Crippen LogP contribution is 2.23. The number of carbonyl (C=O) groups is 15. The van der Waals surface area contributed by atoms with E-state index in [-0.39, 0.29) is 38.8 Å². The van der Waals surface area contributed by atoms with Crippen LogP contribution in [0.4, 0.5) is 0 Å². The first-order valence-electron chi connectivity index (χ1n) is 30.1. The summed E-state index contributed by atoms with van der Waals surface area (Å²) in [4.78, 5) is 202. The molecular weight excluding hydrogens is 1160 g/mol. The Morgan fingerprint density at radius 2 is 1.08 bits per heavy atom. The summed E-state index contributed by atoms with van der Waals surface area (Å²) < 4.78 is 0. The largest absolute Gasteiger partial charge is 0.481 e. The second-order valence-electron chi connectivity index (χ2n) is 22.8. The number of nitrogens with zero attached hydrogens (tertiary/aromatic N) is 2. The molecule has 0 aliphatic carbocycles. The molecule has 88 heavy (non-hydrogen) atoms. The molecule has 31 nitrogen and oxygen atoms in total. The van der Waals surface area contributed by atoms with Crippen LogP contribution in [0, 0.1) is 11.8 Å². The minimum Gasteiger partial charge on any atom is -0.481 e. The summed E-state index contributed by atoms with van der Waals surface area (Å²) in [5, 5.41) is 62.4. The lowest BCUT2D eigenvalue weighted by atomic mass is 9.96. The molecule has 12 amide bonds. The van der Waals surface area contributed by atoms with Crippen molar-refractivity contribution in [1.82, 2.24) is 63.0 Å². The molecule has 0 saturated carbocycles. The summed E-state index contributed by atoms with van der Waals surface area (Å²) in [7, 11) is 0. The molecule has 0 spiro atoms. The fourth-order valence-electron chi connectivity index (χ4n) is 10.1. The number of hydrogen-bond acceptors (Lipinski definition) is 16. The Bertz CT molecular complexity index is 2530. The van der Waals surface area contributed by atoms with E-state index < -0.39 is 195 Å². The van der Waals surface area contributed by atoms with Crippen LogP contribution in [0.5, 0.6) is 0 Å². The van der Waals surface area contributed by atoms with Gasteiger partial charge in [-0.1, -0.05) is 85.1 Å². The smallest absolute Gasteiger partial charge is 0.305 e. The van der Waals surface area contributed by atoms with Gasteiger partial charge in [0, 0.05) is 19.6 Å². The molecule has 31 heteroatoms. The maximum absolute atomic E-state index is 14.8. The normalized spacial score (nSPS) is 24.1. The first-order valence-corrected chi connectivity index (χ1v) is 30.1. The molecule has 3 aliphatic heterocycles. The van der Waals surface area contributed by atoms with Gasteiger partial charge in [-0.3, -0.25) is 71.9 Å². The van der Waals surface area contributed by atoms with Gasteiger partial charge in [-0.05, 0) is 69.8 Å². The average Bonchev–Trinajstić information content (AvgIpc) is 4.14. The Morgan fingerprint density at radius 3 is 1.61 bits per heavy atom. The highest BCUT2D eigenvalue weighted by atomic mass is 16.4. The zero-order chi connectivity index (χ0) is 65.6. The molecule has 10 atom stereocenters. The molecule has 3 heterocycles. The van der Waals surface area contributed by atoms with Crippen LogP contribution in [0.25, 0.3) is 0 Å². The van der Waals surface area contributed by atoms with Crippen LogP contribution < -0.4 is 53.2 Å².